The molecule has 1 aliphatic rings. The van der Waals surface area contributed by atoms with Crippen molar-refractivity contribution in [2.45, 2.75) is 46.3 Å². The van der Waals surface area contributed by atoms with Gasteiger partial charge in [0.05, 0.1) is 19.1 Å². The van der Waals surface area contributed by atoms with Crippen LogP contribution < -0.4 is 5.32 Å². The molecule has 0 radical (unpaired) electrons. The van der Waals surface area contributed by atoms with E-state index in [2.05, 4.69) is 19.2 Å². The number of carbonyl (C=O) groups is 1. The third-order valence-electron chi connectivity index (χ3n) is 3.82. The van der Waals surface area contributed by atoms with Gasteiger partial charge < -0.3 is 14.8 Å². The number of rotatable bonds is 6. The maximum atomic E-state index is 11.3. The summed E-state index contributed by atoms with van der Waals surface area (Å²) in [5, 5.41) is 3.43. The molecule has 0 bridgehead atoms. The average Bonchev–Trinajstić information content (AvgIpc) is 2.31. The summed E-state index contributed by atoms with van der Waals surface area (Å²) < 4.78 is 10.4. The SMILES string of the molecule is CCOC1CC(NCC(C)C(=O)OC)C1(C)C. The summed E-state index contributed by atoms with van der Waals surface area (Å²) in [6.07, 6.45) is 1.35. The predicted molar refractivity (Wildman–Crippen MR) is 66.8 cm³/mol. The Morgan fingerprint density at radius 2 is 2.18 bits per heavy atom. The Balaban J connectivity index is 2.33. The minimum Gasteiger partial charge on any atom is -0.469 e. The topological polar surface area (TPSA) is 47.6 Å². The lowest BCUT2D eigenvalue weighted by Crippen LogP contribution is -2.61. The van der Waals surface area contributed by atoms with Crippen LogP contribution in [0.15, 0.2) is 0 Å². The van der Waals surface area contributed by atoms with Crippen LogP contribution in [0.25, 0.3) is 0 Å². The number of carbonyl (C=O) groups excluding carboxylic acids is 1. The lowest BCUT2D eigenvalue weighted by Gasteiger charge is -2.52. The fourth-order valence-corrected chi connectivity index (χ4v) is 2.32. The maximum absolute atomic E-state index is 11.3. The highest BCUT2D eigenvalue weighted by atomic mass is 16.5. The van der Waals surface area contributed by atoms with E-state index in [4.69, 9.17) is 9.47 Å². The summed E-state index contributed by atoms with van der Waals surface area (Å²) >= 11 is 0. The van der Waals surface area contributed by atoms with Crippen LogP contribution in [0.2, 0.25) is 0 Å². The Morgan fingerprint density at radius 1 is 1.53 bits per heavy atom. The van der Waals surface area contributed by atoms with Crippen LogP contribution in [0.3, 0.4) is 0 Å². The van der Waals surface area contributed by atoms with E-state index in [1.54, 1.807) is 0 Å². The van der Waals surface area contributed by atoms with Crippen molar-refractivity contribution >= 4 is 5.97 Å². The zero-order valence-electron chi connectivity index (χ0n) is 11.6. The minimum atomic E-state index is -0.156. The first kappa shape index (κ1) is 14.5. The van der Waals surface area contributed by atoms with E-state index in [0.717, 1.165) is 13.0 Å². The van der Waals surface area contributed by atoms with Crippen LogP contribution in [0, 0.1) is 11.3 Å². The molecule has 1 rings (SSSR count). The Hall–Kier alpha value is -0.610. The summed E-state index contributed by atoms with van der Waals surface area (Å²) in [6.45, 7) is 9.74. The summed E-state index contributed by atoms with van der Waals surface area (Å²) in [5.74, 6) is -0.252. The highest BCUT2D eigenvalue weighted by Crippen LogP contribution is 2.42. The summed E-state index contributed by atoms with van der Waals surface area (Å²) in [4.78, 5) is 11.3. The monoisotopic (exact) mass is 243 g/mol. The quantitative estimate of drug-likeness (QED) is 0.720. The zero-order valence-corrected chi connectivity index (χ0v) is 11.6. The molecule has 17 heavy (non-hydrogen) atoms. The fraction of sp³-hybridized carbons (Fsp3) is 0.923. The first-order valence-electron chi connectivity index (χ1n) is 6.36. The molecule has 4 heteroatoms. The Labute approximate surface area is 104 Å². The van der Waals surface area contributed by atoms with Crippen LogP contribution >= 0.6 is 0 Å². The number of esters is 1. The minimum absolute atomic E-state index is 0.0954. The van der Waals surface area contributed by atoms with Crippen molar-refractivity contribution in [1.82, 2.24) is 5.32 Å². The van der Waals surface area contributed by atoms with Gasteiger partial charge in [-0.25, -0.2) is 0 Å². The molecular formula is C13H25NO3. The van der Waals surface area contributed by atoms with Gasteiger partial charge in [-0.1, -0.05) is 20.8 Å². The smallest absolute Gasteiger partial charge is 0.309 e. The lowest BCUT2D eigenvalue weighted by atomic mass is 9.64. The van der Waals surface area contributed by atoms with Gasteiger partial charge in [0.25, 0.3) is 0 Å². The zero-order chi connectivity index (χ0) is 13.1. The molecule has 0 aromatic carbocycles. The van der Waals surface area contributed by atoms with Crippen molar-refractivity contribution in [2.75, 3.05) is 20.3 Å². The summed E-state index contributed by atoms with van der Waals surface area (Å²) in [5.41, 5.74) is 0.145. The predicted octanol–water partition coefficient (Wildman–Crippen LogP) is 1.59. The van der Waals surface area contributed by atoms with Gasteiger partial charge in [-0.3, -0.25) is 4.79 Å². The lowest BCUT2D eigenvalue weighted by molar-refractivity contribution is -0.145. The summed E-state index contributed by atoms with van der Waals surface area (Å²) in [7, 11) is 1.43. The molecule has 0 aromatic rings. The number of ether oxygens (including phenoxy) is 2. The van der Waals surface area contributed by atoms with E-state index < -0.39 is 0 Å². The van der Waals surface area contributed by atoms with Gasteiger partial charge in [-0.2, -0.15) is 0 Å². The van der Waals surface area contributed by atoms with Gasteiger partial charge >= 0.3 is 5.97 Å². The van der Waals surface area contributed by atoms with E-state index >= 15 is 0 Å². The van der Waals surface area contributed by atoms with Crippen LogP contribution in [0.4, 0.5) is 0 Å². The van der Waals surface area contributed by atoms with E-state index in [9.17, 15) is 4.79 Å². The first-order valence-corrected chi connectivity index (χ1v) is 6.36. The molecule has 1 fully saturated rings. The Kier molecular flexibility index (Phi) is 4.95. The van der Waals surface area contributed by atoms with Crippen molar-refractivity contribution in [3.8, 4) is 0 Å². The molecule has 1 aliphatic carbocycles. The van der Waals surface area contributed by atoms with Gasteiger partial charge in [0.2, 0.25) is 0 Å². The molecule has 0 aliphatic heterocycles. The molecule has 0 heterocycles. The van der Waals surface area contributed by atoms with Crippen molar-refractivity contribution in [1.29, 1.82) is 0 Å². The molecule has 3 atom stereocenters. The third-order valence-corrected chi connectivity index (χ3v) is 3.82. The highest BCUT2D eigenvalue weighted by molar-refractivity contribution is 5.72. The van der Waals surface area contributed by atoms with Crippen LogP contribution in [0.1, 0.15) is 34.1 Å². The van der Waals surface area contributed by atoms with E-state index in [1.807, 2.05) is 13.8 Å². The number of nitrogens with one attached hydrogen (secondary N) is 1. The molecular weight excluding hydrogens is 218 g/mol. The molecule has 4 nitrogen and oxygen atoms in total. The second-order valence-electron chi connectivity index (χ2n) is 5.39. The standard InChI is InChI=1S/C13H25NO3/c1-6-17-11-7-10(13(11,3)4)14-8-9(2)12(15)16-5/h9-11,14H,6-8H2,1-5H3. The van der Waals surface area contributed by atoms with Crippen molar-refractivity contribution in [3.05, 3.63) is 0 Å². The Bertz CT molecular complexity index is 265. The van der Waals surface area contributed by atoms with Crippen LogP contribution in [-0.4, -0.2) is 38.4 Å². The Morgan fingerprint density at radius 3 is 2.65 bits per heavy atom. The normalized spacial score (nSPS) is 28.3. The average molecular weight is 243 g/mol. The van der Waals surface area contributed by atoms with Gasteiger partial charge in [0.15, 0.2) is 0 Å². The first-order chi connectivity index (χ1) is 7.93. The van der Waals surface area contributed by atoms with E-state index in [1.165, 1.54) is 7.11 Å². The molecule has 1 saturated carbocycles. The molecule has 100 valence electrons. The molecule has 0 amide bonds. The second kappa shape index (κ2) is 5.83. The molecule has 0 saturated heterocycles. The molecule has 1 N–H and O–H groups in total. The van der Waals surface area contributed by atoms with Gasteiger partial charge in [-0.05, 0) is 13.3 Å². The van der Waals surface area contributed by atoms with Crippen molar-refractivity contribution < 1.29 is 14.3 Å². The summed E-state index contributed by atoms with van der Waals surface area (Å²) in [6, 6.07) is 0.422. The van der Waals surface area contributed by atoms with Crippen molar-refractivity contribution in [3.63, 3.8) is 0 Å². The van der Waals surface area contributed by atoms with E-state index in [-0.39, 0.29) is 17.3 Å². The van der Waals surface area contributed by atoms with Gasteiger partial charge in [0.1, 0.15) is 0 Å². The largest absolute Gasteiger partial charge is 0.469 e. The maximum Gasteiger partial charge on any atom is 0.309 e. The second-order valence-corrected chi connectivity index (χ2v) is 5.39. The molecule has 0 spiro atoms. The van der Waals surface area contributed by atoms with Gasteiger partial charge in [-0.15, -0.1) is 0 Å². The van der Waals surface area contributed by atoms with E-state index in [0.29, 0.717) is 18.7 Å². The number of methoxy groups -OCH3 is 1. The van der Waals surface area contributed by atoms with Crippen molar-refractivity contribution in [2.24, 2.45) is 11.3 Å². The molecule has 3 unspecified atom stereocenters. The molecule has 0 aromatic heterocycles. The number of hydrogen-bond acceptors (Lipinski definition) is 4. The van der Waals surface area contributed by atoms with Crippen LogP contribution in [0.5, 0.6) is 0 Å². The van der Waals surface area contributed by atoms with Gasteiger partial charge in [0, 0.05) is 24.6 Å². The van der Waals surface area contributed by atoms with Crippen LogP contribution in [-0.2, 0) is 14.3 Å². The fourth-order valence-electron chi connectivity index (χ4n) is 2.32. The number of hydrogen-bond donors (Lipinski definition) is 1. The third kappa shape index (κ3) is 3.19. The highest BCUT2D eigenvalue weighted by Gasteiger charge is 2.48.